The summed E-state index contributed by atoms with van der Waals surface area (Å²) in [5.41, 5.74) is 1.80. The van der Waals surface area contributed by atoms with Gasteiger partial charge in [0, 0.05) is 18.7 Å². The van der Waals surface area contributed by atoms with Gasteiger partial charge in [-0.3, -0.25) is 25.7 Å². The Morgan fingerprint density at radius 3 is 2.39 bits per heavy atom. The molecule has 0 heterocycles. The maximum absolute atomic E-state index is 11.2. The highest BCUT2D eigenvalue weighted by Gasteiger charge is 2.35. The van der Waals surface area contributed by atoms with Crippen molar-refractivity contribution in [1.82, 2.24) is 0 Å². The van der Waals surface area contributed by atoms with Gasteiger partial charge in [0.15, 0.2) is 0 Å². The molecule has 2 aromatic carbocycles. The van der Waals surface area contributed by atoms with E-state index < -0.39 is 20.9 Å². The predicted molar refractivity (Wildman–Crippen MR) is 105 cm³/mol. The Kier molecular flexibility index (Phi) is 6.39. The van der Waals surface area contributed by atoms with Gasteiger partial charge in [-0.25, -0.2) is 0 Å². The SMILES string of the molecule is CC(C)[C@@](C#N)(C/C=N/Nc1ccc([N+](=O)[O-])cc1[N+](=O)[O-])c1ccccc1. The lowest BCUT2D eigenvalue weighted by atomic mass is 9.71. The number of non-ortho nitro benzene ring substituents is 1. The summed E-state index contributed by atoms with van der Waals surface area (Å²) < 4.78 is 0. The van der Waals surface area contributed by atoms with E-state index in [1.54, 1.807) is 0 Å². The molecule has 0 saturated heterocycles. The first-order valence-electron chi connectivity index (χ1n) is 8.49. The third-order valence-electron chi connectivity index (χ3n) is 4.55. The topological polar surface area (TPSA) is 134 Å². The molecule has 1 atom stereocenters. The summed E-state index contributed by atoms with van der Waals surface area (Å²) in [4.78, 5) is 20.5. The van der Waals surface area contributed by atoms with Crippen LogP contribution in [0.1, 0.15) is 25.8 Å². The van der Waals surface area contributed by atoms with Crippen molar-refractivity contribution in [2.24, 2.45) is 11.0 Å². The highest BCUT2D eigenvalue weighted by molar-refractivity contribution is 5.68. The second-order valence-electron chi connectivity index (χ2n) is 6.45. The monoisotopic (exact) mass is 381 g/mol. The lowest BCUT2D eigenvalue weighted by Crippen LogP contribution is -2.31. The molecule has 0 aromatic heterocycles. The van der Waals surface area contributed by atoms with E-state index in [0.717, 1.165) is 17.7 Å². The molecule has 0 aliphatic heterocycles. The summed E-state index contributed by atoms with van der Waals surface area (Å²) in [5.74, 6) is 0.0000565. The van der Waals surface area contributed by atoms with E-state index >= 15 is 0 Å². The number of hydrazone groups is 1. The molecule has 9 nitrogen and oxygen atoms in total. The van der Waals surface area contributed by atoms with Crippen LogP contribution in [0.2, 0.25) is 0 Å². The second-order valence-corrected chi connectivity index (χ2v) is 6.45. The highest BCUT2D eigenvalue weighted by atomic mass is 16.6. The van der Waals surface area contributed by atoms with Crippen molar-refractivity contribution in [3.8, 4) is 6.07 Å². The molecule has 2 rings (SSSR count). The highest BCUT2D eigenvalue weighted by Crippen LogP contribution is 2.35. The normalized spacial score (nSPS) is 13.1. The van der Waals surface area contributed by atoms with Gasteiger partial charge >= 0.3 is 5.69 Å². The molecule has 28 heavy (non-hydrogen) atoms. The van der Waals surface area contributed by atoms with Crippen molar-refractivity contribution < 1.29 is 9.85 Å². The molecule has 0 amide bonds. The lowest BCUT2D eigenvalue weighted by Gasteiger charge is -2.29. The minimum absolute atomic E-state index is 0.0000565. The van der Waals surface area contributed by atoms with Crippen molar-refractivity contribution in [1.29, 1.82) is 5.26 Å². The molecule has 1 N–H and O–H groups in total. The van der Waals surface area contributed by atoms with Crippen molar-refractivity contribution in [3.63, 3.8) is 0 Å². The van der Waals surface area contributed by atoms with Crippen LogP contribution in [0, 0.1) is 37.5 Å². The zero-order valence-electron chi connectivity index (χ0n) is 15.4. The van der Waals surface area contributed by atoms with Crippen LogP contribution in [0.15, 0.2) is 53.6 Å². The van der Waals surface area contributed by atoms with E-state index in [4.69, 9.17) is 0 Å². The number of nitriles is 1. The zero-order valence-corrected chi connectivity index (χ0v) is 15.4. The molecule has 0 unspecified atom stereocenters. The van der Waals surface area contributed by atoms with E-state index in [9.17, 15) is 25.5 Å². The van der Waals surface area contributed by atoms with Gasteiger partial charge in [-0.1, -0.05) is 44.2 Å². The molecular formula is C19H19N5O4. The molecule has 0 bridgehead atoms. The summed E-state index contributed by atoms with van der Waals surface area (Å²) in [7, 11) is 0. The number of benzene rings is 2. The van der Waals surface area contributed by atoms with Crippen molar-refractivity contribution in [3.05, 3.63) is 74.3 Å². The Morgan fingerprint density at radius 1 is 1.18 bits per heavy atom. The van der Waals surface area contributed by atoms with E-state index in [1.165, 1.54) is 12.3 Å². The average molecular weight is 381 g/mol. The average Bonchev–Trinajstić information content (AvgIpc) is 2.68. The number of hydrogen-bond donors (Lipinski definition) is 1. The first kappa shape index (κ1) is 20.5. The van der Waals surface area contributed by atoms with Crippen LogP contribution >= 0.6 is 0 Å². The smallest absolute Gasteiger partial charge is 0.272 e. The predicted octanol–water partition coefficient (Wildman–Crippen LogP) is 4.41. The van der Waals surface area contributed by atoms with Crippen LogP contribution in [-0.2, 0) is 5.41 Å². The summed E-state index contributed by atoms with van der Waals surface area (Å²) in [6, 6.07) is 15.0. The Balaban J connectivity index is 2.23. The number of anilines is 1. The maximum atomic E-state index is 11.2. The van der Waals surface area contributed by atoms with Gasteiger partial charge in [-0.15, -0.1) is 0 Å². The second kappa shape index (κ2) is 8.73. The van der Waals surface area contributed by atoms with Gasteiger partial charge in [-0.2, -0.15) is 10.4 Å². The first-order valence-corrected chi connectivity index (χ1v) is 8.49. The Hall–Kier alpha value is -3.80. The molecule has 0 radical (unpaired) electrons. The van der Waals surface area contributed by atoms with E-state index in [2.05, 4.69) is 16.6 Å². The molecule has 0 saturated carbocycles. The van der Waals surface area contributed by atoms with Crippen molar-refractivity contribution >= 4 is 23.3 Å². The third-order valence-corrected chi connectivity index (χ3v) is 4.55. The van der Waals surface area contributed by atoms with Crippen LogP contribution in [-0.4, -0.2) is 16.1 Å². The lowest BCUT2D eigenvalue weighted by molar-refractivity contribution is -0.393. The number of nitrogens with one attached hydrogen (secondary N) is 1. The number of nitro groups is 2. The standard InChI is InChI=1S/C19H19N5O4/c1-14(2)19(13-20,15-6-4-3-5-7-15)10-11-21-22-17-9-8-16(23(25)26)12-18(17)24(27)28/h3-9,11-12,14,22H,10H2,1-2H3/b21-11+/t19-/m0/s1. The van der Waals surface area contributed by atoms with Crippen LogP contribution in [0.25, 0.3) is 0 Å². The number of nitro benzene ring substituents is 2. The minimum Gasteiger partial charge on any atom is -0.272 e. The quantitative estimate of drug-likeness (QED) is 0.409. The van der Waals surface area contributed by atoms with Crippen LogP contribution in [0.5, 0.6) is 0 Å². The van der Waals surface area contributed by atoms with Crippen molar-refractivity contribution in [2.45, 2.75) is 25.7 Å². The first-order chi connectivity index (χ1) is 13.3. The largest absolute Gasteiger partial charge is 0.301 e. The van der Waals surface area contributed by atoms with E-state index in [-0.39, 0.29) is 17.3 Å². The van der Waals surface area contributed by atoms with E-state index in [0.29, 0.717) is 6.42 Å². The Labute approximate surface area is 161 Å². The fourth-order valence-corrected chi connectivity index (χ4v) is 2.85. The summed E-state index contributed by atoms with van der Waals surface area (Å²) in [5, 5.41) is 35.8. The van der Waals surface area contributed by atoms with Crippen LogP contribution in [0.3, 0.4) is 0 Å². The van der Waals surface area contributed by atoms with Gasteiger partial charge < -0.3 is 0 Å². The molecule has 144 valence electrons. The minimum atomic E-state index is -0.798. The third kappa shape index (κ3) is 4.29. The molecule has 2 aromatic rings. The Bertz CT molecular complexity index is 937. The number of nitrogens with zero attached hydrogens (tertiary/aromatic N) is 4. The summed E-state index contributed by atoms with van der Waals surface area (Å²) >= 11 is 0. The molecule has 0 spiro atoms. The van der Waals surface area contributed by atoms with E-state index in [1.807, 2.05) is 44.2 Å². The fraction of sp³-hybridized carbons (Fsp3) is 0.263. The van der Waals surface area contributed by atoms with Crippen LogP contribution in [0.4, 0.5) is 17.1 Å². The van der Waals surface area contributed by atoms with Gasteiger partial charge in [0.05, 0.1) is 27.4 Å². The summed E-state index contributed by atoms with van der Waals surface area (Å²) in [6.45, 7) is 3.89. The maximum Gasteiger partial charge on any atom is 0.301 e. The van der Waals surface area contributed by atoms with Crippen molar-refractivity contribution in [2.75, 3.05) is 5.43 Å². The zero-order chi connectivity index (χ0) is 20.7. The Morgan fingerprint density at radius 2 is 1.86 bits per heavy atom. The van der Waals surface area contributed by atoms with Crippen LogP contribution < -0.4 is 5.43 Å². The summed E-state index contributed by atoms with van der Waals surface area (Å²) in [6.07, 6.45) is 1.78. The molecular weight excluding hydrogens is 362 g/mol. The molecule has 0 fully saturated rings. The fourth-order valence-electron chi connectivity index (χ4n) is 2.85. The molecule has 0 aliphatic rings. The number of hydrogen-bond acceptors (Lipinski definition) is 7. The van der Waals surface area contributed by atoms with Gasteiger partial charge in [0.2, 0.25) is 0 Å². The molecule has 9 heteroatoms. The molecule has 0 aliphatic carbocycles. The van der Waals surface area contributed by atoms with Gasteiger partial charge in [0.1, 0.15) is 5.69 Å². The van der Waals surface area contributed by atoms with Gasteiger partial charge in [0.25, 0.3) is 5.69 Å². The van der Waals surface area contributed by atoms with Gasteiger partial charge in [-0.05, 0) is 17.5 Å². The number of rotatable bonds is 8.